The minimum atomic E-state index is -1.12. The number of aliphatic hydroxyl groups is 2. The molecule has 1 unspecified atom stereocenters. The van der Waals surface area contributed by atoms with E-state index in [1.807, 2.05) is 48.5 Å². The van der Waals surface area contributed by atoms with Gasteiger partial charge in [0.25, 0.3) is 0 Å². The fourth-order valence-corrected chi connectivity index (χ4v) is 11.7. The first-order valence-corrected chi connectivity index (χ1v) is 22.8. The number of Topliss-reactive ketones (excluding diaryl/α,β-unsaturated/α-hetero) is 1. The zero-order chi connectivity index (χ0) is 41.8. The van der Waals surface area contributed by atoms with Gasteiger partial charge in [0.1, 0.15) is 5.78 Å². The van der Waals surface area contributed by atoms with E-state index < -0.39 is 64.8 Å². The summed E-state index contributed by atoms with van der Waals surface area (Å²) in [7, 11) is 0. The molecule has 5 fully saturated rings. The standard InChI is InChI=1S/C46H77NO10/c1-12-33(38(49)29(8)37(48)30(9)39-25(4)23-26(5)40(54-39)34(13-2)42(50)51)41-27(6)24-28(7)45(55-41)20-17-35(47-32-15-16-32)46(57-45)22-21-43(11,56-46)36-18-19-44(52,14-3)31(10)53-36/h17,20,25-37,39-41,47-48,52H,12-16,18-19,21-24H2,1-11H3,(H,50,51)/t25-,26-,27-,28+,29-,30-,31-,33-,34+,35?,36+,37+,39+,40+,41-,43-,44+,45-,46-/m0/s1. The largest absolute Gasteiger partial charge is 0.481 e. The Labute approximate surface area is 342 Å². The second-order valence-corrected chi connectivity index (χ2v) is 20.0. The maximum Gasteiger partial charge on any atom is 0.309 e. The fraction of sp³-hybridized carbons (Fsp3) is 0.913. The van der Waals surface area contributed by atoms with Gasteiger partial charge in [-0.05, 0) is 102 Å². The van der Waals surface area contributed by atoms with Crippen molar-refractivity contribution in [3.63, 3.8) is 0 Å². The molecule has 0 aromatic heterocycles. The number of carboxylic acid groups (broad SMARTS) is 1. The number of aliphatic hydroxyl groups excluding tert-OH is 1. The molecule has 57 heavy (non-hydrogen) atoms. The van der Waals surface area contributed by atoms with Gasteiger partial charge in [-0.3, -0.25) is 9.59 Å². The van der Waals surface area contributed by atoms with Crippen molar-refractivity contribution in [2.24, 2.45) is 47.3 Å². The average molecular weight is 804 g/mol. The van der Waals surface area contributed by atoms with Gasteiger partial charge in [-0.15, -0.1) is 0 Å². The highest BCUT2D eigenvalue weighted by atomic mass is 16.8. The molecule has 6 aliphatic rings. The molecule has 11 nitrogen and oxygen atoms in total. The van der Waals surface area contributed by atoms with E-state index in [1.54, 1.807) is 0 Å². The molecule has 6 rings (SSSR count). The predicted molar refractivity (Wildman–Crippen MR) is 217 cm³/mol. The number of carbonyl (C=O) groups excluding carboxylic acids is 1. The first-order chi connectivity index (χ1) is 26.8. The summed E-state index contributed by atoms with van der Waals surface area (Å²) in [5.41, 5.74) is -1.47. The van der Waals surface area contributed by atoms with Crippen LogP contribution in [0.15, 0.2) is 12.2 Å². The Morgan fingerprint density at radius 1 is 0.842 bits per heavy atom. The second-order valence-electron chi connectivity index (χ2n) is 20.0. The Bertz CT molecular complexity index is 1460. The molecule has 0 aromatic rings. The number of hydrogen-bond acceptors (Lipinski definition) is 10. The first kappa shape index (κ1) is 45.1. The number of carboxylic acids is 1. The first-order valence-electron chi connectivity index (χ1n) is 22.8. The smallest absolute Gasteiger partial charge is 0.309 e. The summed E-state index contributed by atoms with van der Waals surface area (Å²) in [6.07, 6.45) is 9.72. The molecule has 0 aromatic carbocycles. The second kappa shape index (κ2) is 17.1. The van der Waals surface area contributed by atoms with Crippen LogP contribution in [0.25, 0.3) is 0 Å². The highest BCUT2D eigenvalue weighted by molar-refractivity contribution is 5.84. The maximum absolute atomic E-state index is 14.6. The number of ether oxygens (including phenoxy) is 5. The quantitative estimate of drug-likeness (QED) is 0.132. The van der Waals surface area contributed by atoms with Crippen LogP contribution in [0, 0.1) is 47.3 Å². The summed E-state index contributed by atoms with van der Waals surface area (Å²) in [5.74, 6) is -4.96. The summed E-state index contributed by atoms with van der Waals surface area (Å²) in [4.78, 5) is 26.8. The Kier molecular flexibility index (Phi) is 13.6. The van der Waals surface area contributed by atoms with Gasteiger partial charge in [-0.1, -0.05) is 68.4 Å². The number of nitrogens with one attached hydrogen (secondary N) is 1. The lowest BCUT2D eigenvalue weighted by atomic mass is 9.72. The van der Waals surface area contributed by atoms with Crippen molar-refractivity contribution in [1.29, 1.82) is 0 Å². The van der Waals surface area contributed by atoms with E-state index in [0.717, 1.165) is 32.1 Å². The third-order valence-corrected chi connectivity index (χ3v) is 15.8. The van der Waals surface area contributed by atoms with Crippen LogP contribution in [0.2, 0.25) is 0 Å². The Hall–Kier alpha value is -1.44. The van der Waals surface area contributed by atoms with Crippen molar-refractivity contribution in [1.82, 2.24) is 5.32 Å². The molecule has 19 atom stereocenters. The van der Waals surface area contributed by atoms with E-state index in [-0.39, 0.29) is 59.7 Å². The summed E-state index contributed by atoms with van der Waals surface area (Å²) >= 11 is 0. The van der Waals surface area contributed by atoms with Crippen LogP contribution in [0.4, 0.5) is 0 Å². The molecule has 1 saturated carbocycles. The molecule has 5 heterocycles. The lowest BCUT2D eigenvalue weighted by Crippen LogP contribution is -2.65. The summed E-state index contributed by atoms with van der Waals surface area (Å²) in [6, 6.07) is 0.224. The lowest BCUT2D eigenvalue weighted by Gasteiger charge is -2.55. The van der Waals surface area contributed by atoms with Gasteiger partial charge in [0.2, 0.25) is 0 Å². The third-order valence-electron chi connectivity index (χ3n) is 15.8. The van der Waals surface area contributed by atoms with Crippen LogP contribution in [-0.2, 0) is 33.3 Å². The topological polar surface area (TPSA) is 153 Å². The molecule has 11 heteroatoms. The molecule has 4 saturated heterocycles. The van der Waals surface area contributed by atoms with Gasteiger partial charge in [0, 0.05) is 36.1 Å². The number of ketones is 1. The molecule has 0 bridgehead atoms. The van der Waals surface area contributed by atoms with E-state index in [0.29, 0.717) is 44.6 Å². The van der Waals surface area contributed by atoms with Crippen LogP contribution < -0.4 is 5.32 Å². The number of hydrogen-bond donors (Lipinski definition) is 4. The van der Waals surface area contributed by atoms with Crippen molar-refractivity contribution in [3.05, 3.63) is 12.2 Å². The predicted octanol–water partition coefficient (Wildman–Crippen LogP) is 7.19. The van der Waals surface area contributed by atoms with E-state index >= 15 is 0 Å². The number of aliphatic carboxylic acids is 1. The SMILES string of the molecule is CC[C@@H](C(=O)O)[C@@H]1O[C@@H]([C@@H](C)[C@H](O)[C@H](C)C(=O)[C@H](CC)[C@H]2O[C@]3(C=CC(NC4CC4)[C@]4(CC[C@@](C)([C@H]5CC[C@](O)(CC)[C@H](C)O5)O4)O3)[C@H](C)C[C@@H]2C)[C@@H](C)C[C@@H]1C. The highest BCUT2D eigenvalue weighted by Crippen LogP contribution is 2.54. The van der Waals surface area contributed by atoms with E-state index in [9.17, 15) is 24.9 Å². The molecular formula is C46H77NO10. The van der Waals surface area contributed by atoms with Crippen molar-refractivity contribution < 1.29 is 48.6 Å². The molecule has 1 aliphatic carbocycles. The minimum absolute atomic E-state index is 0.0200. The van der Waals surface area contributed by atoms with Gasteiger partial charge in [0.05, 0.1) is 59.8 Å². The summed E-state index contributed by atoms with van der Waals surface area (Å²) in [6.45, 7) is 22.2. The van der Waals surface area contributed by atoms with Crippen molar-refractivity contribution >= 4 is 11.8 Å². The normalized spacial score (nSPS) is 46.4. The highest BCUT2D eigenvalue weighted by Gasteiger charge is 2.63. The van der Waals surface area contributed by atoms with Crippen LogP contribution >= 0.6 is 0 Å². The zero-order valence-electron chi connectivity index (χ0n) is 36.9. The van der Waals surface area contributed by atoms with Gasteiger partial charge in [-0.2, -0.15) is 0 Å². The minimum Gasteiger partial charge on any atom is -0.481 e. The molecule has 0 amide bonds. The molecule has 0 radical (unpaired) electrons. The summed E-state index contributed by atoms with van der Waals surface area (Å²) in [5, 5.41) is 36.8. The van der Waals surface area contributed by atoms with Crippen LogP contribution in [0.5, 0.6) is 0 Å². The van der Waals surface area contributed by atoms with E-state index in [4.69, 9.17) is 23.7 Å². The van der Waals surface area contributed by atoms with Crippen molar-refractivity contribution in [2.75, 3.05) is 0 Å². The van der Waals surface area contributed by atoms with Gasteiger partial charge in [-0.25, -0.2) is 0 Å². The Balaban J connectivity index is 1.20. The monoisotopic (exact) mass is 804 g/mol. The molecule has 326 valence electrons. The molecule has 2 spiro atoms. The van der Waals surface area contributed by atoms with E-state index in [2.05, 4.69) is 45.2 Å². The van der Waals surface area contributed by atoms with Gasteiger partial charge < -0.3 is 44.3 Å². The lowest BCUT2D eigenvalue weighted by molar-refractivity contribution is -0.398. The van der Waals surface area contributed by atoms with Crippen LogP contribution in [0.3, 0.4) is 0 Å². The van der Waals surface area contributed by atoms with Gasteiger partial charge >= 0.3 is 5.97 Å². The van der Waals surface area contributed by atoms with E-state index in [1.165, 1.54) is 0 Å². The molecular weight excluding hydrogens is 727 g/mol. The average Bonchev–Trinajstić information content (AvgIpc) is 3.93. The van der Waals surface area contributed by atoms with Crippen molar-refractivity contribution in [3.8, 4) is 0 Å². The van der Waals surface area contributed by atoms with Crippen LogP contribution in [0.1, 0.15) is 147 Å². The van der Waals surface area contributed by atoms with Gasteiger partial charge in [0.15, 0.2) is 11.6 Å². The molecule has 4 N–H and O–H groups in total. The Morgan fingerprint density at radius 3 is 2.09 bits per heavy atom. The summed E-state index contributed by atoms with van der Waals surface area (Å²) < 4.78 is 34.9. The van der Waals surface area contributed by atoms with Crippen LogP contribution in [-0.4, -0.2) is 98.6 Å². The van der Waals surface area contributed by atoms with Crippen molar-refractivity contribution in [2.45, 2.75) is 218 Å². The zero-order valence-corrected chi connectivity index (χ0v) is 36.9. The fourth-order valence-electron chi connectivity index (χ4n) is 11.7. The number of rotatable bonds is 14. The molecule has 5 aliphatic heterocycles. The third kappa shape index (κ3) is 8.58. The number of carbonyl (C=O) groups is 2. The maximum atomic E-state index is 14.6. The Morgan fingerprint density at radius 2 is 1.49 bits per heavy atom.